The van der Waals surface area contributed by atoms with E-state index < -0.39 is 18.3 Å². The van der Waals surface area contributed by atoms with Crippen LogP contribution in [-0.4, -0.2) is 35.7 Å². The van der Waals surface area contributed by atoms with Crippen molar-refractivity contribution in [1.82, 2.24) is 4.90 Å². The van der Waals surface area contributed by atoms with E-state index in [0.29, 0.717) is 6.54 Å². The minimum atomic E-state index is -4.23. The van der Waals surface area contributed by atoms with Crippen LogP contribution >= 0.6 is 0 Å². The van der Waals surface area contributed by atoms with E-state index in [1.807, 2.05) is 6.92 Å². The largest absolute Gasteiger partial charge is 0.405 e. The Morgan fingerprint density at radius 1 is 1.25 bits per heavy atom. The number of hydrogen-bond acceptors (Lipinski definition) is 2. The van der Waals surface area contributed by atoms with Crippen LogP contribution in [0.4, 0.5) is 13.2 Å². The number of likely N-dealkylation sites (tertiary alicyclic amines) is 1. The Bertz CT molecular complexity index is 216. The zero-order valence-corrected chi connectivity index (χ0v) is 9.93. The zero-order chi connectivity index (χ0) is 12.3. The van der Waals surface area contributed by atoms with Gasteiger partial charge in [-0.2, -0.15) is 13.2 Å². The lowest BCUT2D eigenvalue weighted by molar-refractivity contribution is -0.193. The SMILES string of the molecule is CC(N)C(N1CCCCCC1C)C(F)(F)F. The summed E-state index contributed by atoms with van der Waals surface area (Å²) in [7, 11) is 0. The van der Waals surface area contributed by atoms with Crippen molar-refractivity contribution in [2.45, 2.75) is 63.8 Å². The molecule has 0 radical (unpaired) electrons. The molecule has 1 aliphatic rings. The van der Waals surface area contributed by atoms with Crippen LogP contribution < -0.4 is 5.73 Å². The molecule has 3 unspecified atom stereocenters. The molecule has 0 aromatic carbocycles. The smallest absolute Gasteiger partial charge is 0.326 e. The quantitative estimate of drug-likeness (QED) is 0.801. The van der Waals surface area contributed by atoms with Gasteiger partial charge in [0.05, 0.1) is 0 Å². The van der Waals surface area contributed by atoms with Gasteiger partial charge in [0.1, 0.15) is 6.04 Å². The Morgan fingerprint density at radius 3 is 2.38 bits per heavy atom. The standard InChI is InChI=1S/C11H21F3N2/c1-8-6-4-3-5-7-16(8)10(9(2)15)11(12,13)14/h8-10H,3-7,15H2,1-2H3. The van der Waals surface area contributed by atoms with Crippen molar-refractivity contribution >= 4 is 0 Å². The number of alkyl halides is 3. The van der Waals surface area contributed by atoms with Gasteiger partial charge in [-0.25, -0.2) is 0 Å². The van der Waals surface area contributed by atoms with Crippen LogP contribution in [0.5, 0.6) is 0 Å². The van der Waals surface area contributed by atoms with E-state index in [1.165, 1.54) is 11.8 Å². The highest BCUT2D eigenvalue weighted by molar-refractivity contribution is 4.89. The number of hydrogen-bond donors (Lipinski definition) is 1. The lowest BCUT2D eigenvalue weighted by atomic mass is 10.0. The first-order valence-electron chi connectivity index (χ1n) is 5.92. The molecule has 1 saturated heterocycles. The molecule has 0 aromatic heterocycles. The van der Waals surface area contributed by atoms with Gasteiger partial charge in [0.25, 0.3) is 0 Å². The van der Waals surface area contributed by atoms with Gasteiger partial charge in [0.2, 0.25) is 0 Å². The summed E-state index contributed by atoms with van der Waals surface area (Å²) in [5.41, 5.74) is 5.51. The van der Waals surface area contributed by atoms with E-state index in [4.69, 9.17) is 5.73 Å². The average molecular weight is 238 g/mol. The van der Waals surface area contributed by atoms with Crippen LogP contribution in [0.2, 0.25) is 0 Å². The first kappa shape index (κ1) is 13.8. The number of halogens is 3. The summed E-state index contributed by atoms with van der Waals surface area (Å²) in [5.74, 6) is 0. The summed E-state index contributed by atoms with van der Waals surface area (Å²) < 4.78 is 38.8. The summed E-state index contributed by atoms with van der Waals surface area (Å²) in [6.45, 7) is 3.81. The molecule has 0 saturated carbocycles. The van der Waals surface area contributed by atoms with Crippen LogP contribution in [0.1, 0.15) is 39.5 Å². The minimum Gasteiger partial charge on any atom is -0.326 e. The van der Waals surface area contributed by atoms with E-state index in [2.05, 4.69) is 0 Å². The minimum absolute atomic E-state index is 0.0277. The van der Waals surface area contributed by atoms with Gasteiger partial charge in [-0.3, -0.25) is 4.90 Å². The molecule has 1 rings (SSSR count). The van der Waals surface area contributed by atoms with E-state index in [9.17, 15) is 13.2 Å². The highest BCUT2D eigenvalue weighted by Gasteiger charge is 2.47. The van der Waals surface area contributed by atoms with E-state index in [-0.39, 0.29) is 6.04 Å². The molecule has 3 atom stereocenters. The van der Waals surface area contributed by atoms with Crippen LogP contribution in [-0.2, 0) is 0 Å². The molecule has 0 aromatic rings. The second-order valence-electron chi connectivity index (χ2n) is 4.78. The summed E-state index contributed by atoms with van der Waals surface area (Å²) >= 11 is 0. The van der Waals surface area contributed by atoms with Crippen molar-refractivity contribution in [1.29, 1.82) is 0 Å². The lowest BCUT2D eigenvalue weighted by Gasteiger charge is -2.38. The summed E-state index contributed by atoms with van der Waals surface area (Å²) in [6.07, 6.45) is -0.527. The van der Waals surface area contributed by atoms with Gasteiger partial charge < -0.3 is 5.73 Å². The first-order valence-corrected chi connectivity index (χ1v) is 5.92. The predicted octanol–water partition coefficient (Wildman–Crippen LogP) is 2.53. The maximum atomic E-state index is 12.9. The molecule has 5 heteroatoms. The Hall–Kier alpha value is -0.290. The van der Waals surface area contributed by atoms with E-state index in [0.717, 1.165) is 25.7 Å². The van der Waals surface area contributed by atoms with Gasteiger partial charge in [0, 0.05) is 12.1 Å². The number of rotatable bonds is 2. The van der Waals surface area contributed by atoms with Gasteiger partial charge in [-0.15, -0.1) is 0 Å². The third-order valence-corrected chi connectivity index (χ3v) is 3.30. The molecular formula is C11H21F3N2. The van der Waals surface area contributed by atoms with Crippen molar-refractivity contribution in [3.05, 3.63) is 0 Å². The molecule has 2 N–H and O–H groups in total. The molecule has 1 aliphatic heterocycles. The molecule has 1 heterocycles. The fourth-order valence-corrected chi connectivity index (χ4v) is 2.50. The second kappa shape index (κ2) is 5.36. The molecular weight excluding hydrogens is 217 g/mol. The lowest BCUT2D eigenvalue weighted by Crippen LogP contribution is -2.57. The third kappa shape index (κ3) is 3.35. The van der Waals surface area contributed by atoms with Crippen LogP contribution in [0.25, 0.3) is 0 Å². The fraction of sp³-hybridized carbons (Fsp3) is 1.00. The molecule has 0 aliphatic carbocycles. The van der Waals surface area contributed by atoms with Crippen molar-refractivity contribution in [2.75, 3.05) is 6.54 Å². The number of nitrogens with zero attached hydrogens (tertiary/aromatic N) is 1. The fourth-order valence-electron chi connectivity index (χ4n) is 2.50. The molecule has 0 spiro atoms. The van der Waals surface area contributed by atoms with Gasteiger partial charge >= 0.3 is 6.18 Å². The van der Waals surface area contributed by atoms with Crippen molar-refractivity contribution in [3.8, 4) is 0 Å². The maximum Gasteiger partial charge on any atom is 0.405 e. The van der Waals surface area contributed by atoms with Crippen molar-refractivity contribution in [2.24, 2.45) is 5.73 Å². The van der Waals surface area contributed by atoms with Crippen molar-refractivity contribution in [3.63, 3.8) is 0 Å². The Morgan fingerprint density at radius 2 is 1.88 bits per heavy atom. The first-order chi connectivity index (χ1) is 7.34. The molecule has 2 nitrogen and oxygen atoms in total. The highest BCUT2D eigenvalue weighted by Crippen LogP contribution is 2.30. The second-order valence-corrected chi connectivity index (χ2v) is 4.78. The third-order valence-electron chi connectivity index (χ3n) is 3.30. The topological polar surface area (TPSA) is 29.3 Å². The van der Waals surface area contributed by atoms with Gasteiger partial charge in [-0.05, 0) is 33.2 Å². The Balaban J connectivity index is 2.83. The van der Waals surface area contributed by atoms with Crippen molar-refractivity contribution < 1.29 is 13.2 Å². The Kier molecular flexibility index (Phi) is 4.62. The number of nitrogens with two attached hydrogens (primary N) is 1. The van der Waals surface area contributed by atoms with E-state index in [1.54, 1.807) is 0 Å². The highest BCUT2D eigenvalue weighted by atomic mass is 19.4. The average Bonchev–Trinajstić information content (AvgIpc) is 2.29. The summed E-state index contributed by atoms with van der Waals surface area (Å²) in [6, 6.07) is -2.40. The molecule has 96 valence electrons. The predicted molar refractivity (Wildman–Crippen MR) is 58.1 cm³/mol. The summed E-state index contributed by atoms with van der Waals surface area (Å²) in [5, 5.41) is 0. The van der Waals surface area contributed by atoms with Gasteiger partial charge in [-0.1, -0.05) is 12.8 Å². The maximum absolute atomic E-state index is 12.9. The van der Waals surface area contributed by atoms with Crippen LogP contribution in [0.3, 0.4) is 0 Å². The molecule has 16 heavy (non-hydrogen) atoms. The monoisotopic (exact) mass is 238 g/mol. The van der Waals surface area contributed by atoms with Crippen LogP contribution in [0, 0.1) is 0 Å². The summed E-state index contributed by atoms with van der Waals surface area (Å²) in [4.78, 5) is 1.54. The van der Waals surface area contributed by atoms with Gasteiger partial charge in [0.15, 0.2) is 0 Å². The molecule has 0 bridgehead atoms. The zero-order valence-electron chi connectivity index (χ0n) is 9.93. The van der Waals surface area contributed by atoms with E-state index >= 15 is 0 Å². The molecule has 1 fully saturated rings. The molecule has 0 amide bonds. The van der Waals surface area contributed by atoms with Crippen LogP contribution in [0.15, 0.2) is 0 Å². The Labute approximate surface area is 95.0 Å². The normalized spacial score (nSPS) is 28.5.